The molecule has 7 heteroatoms. The number of aromatic nitrogens is 2. The van der Waals surface area contributed by atoms with Gasteiger partial charge in [-0.3, -0.25) is 4.79 Å². The number of likely N-dealkylation sites (tertiary alicyclic amines) is 1. The van der Waals surface area contributed by atoms with Crippen LogP contribution in [0.5, 0.6) is 0 Å². The van der Waals surface area contributed by atoms with Crippen molar-refractivity contribution in [2.75, 3.05) is 18.5 Å². The van der Waals surface area contributed by atoms with Gasteiger partial charge in [-0.15, -0.1) is 0 Å². The number of halogens is 1. The first kappa shape index (κ1) is 25.9. The van der Waals surface area contributed by atoms with Crippen molar-refractivity contribution in [2.24, 2.45) is 0 Å². The van der Waals surface area contributed by atoms with Crippen LogP contribution >= 0.6 is 11.6 Å². The molecular weight excluding hydrogens is 496 g/mol. The Bertz CT molecular complexity index is 1380. The average molecular weight is 527 g/mol. The second-order valence-electron chi connectivity index (χ2n) is 9.67. The van der Waals surface area contributed by atoms with E-state index in [-0.39, 0.29) is 11.9 Å². The zero-order valence-electron chi connectivity index (χ0n) is 21.4. The number of aliphatic hydroxyl groups is 1. The van der Waals surface area contributed by atoms with E-state index in [4.69, 9.17) is 16.6 Å². The minimum atomic E-state index is -0.884. The van der Waals surface area contributed by atoms with Gasteiger partial charge in [-0.2, -0.15) is 0 Å². The van der Waals surface area contributed by atoms with Gasteiger partial charge in [-0.1, -0.05) is 90.5 Å². The fraction of sp³-hybridized carbons (Fsp3) is 0.258. The molecule has 1 aliphatic heterocycles. The topological polar surface area (TPSA) is 69.6 Å². The second kappa shape index (κ2) is 11.8. The van der Waals surface area contributed by atoms with Gasteiger partial charge in [0.2, 0.25) is 5.95 Å². The van der Waals surface area contributed by atoms with Gasteiger partial charge in [-0.05, 0) is 30.9 Å². The highest BCUT2D eigenvalue weighted by Crippen LogP contribution is 2.34. The maximum absolute atomic E-state index is 14.1. The van der Waals surface area contributed by atoms with Gasteiger partial charge in [0.25, 0.3) is 5.91 Å². The van der Waals surface area contributed by atoms with Crippen molar-refractivity contribution in [1.82, 2.24) is 14.9 Å². The number of anilines is 1. The number of hydrogen-bond donors (Lipinski definition) is 1. The van der Waals surface area contributed by atoms with E-state index in [9.17, 15) is 9.90 Å². The lowest BCUT2D eigenvalue weighted by atomic mass is 9.92. The Labute approximate surface area is 228 Å². The molecule has 1 aliphatic rings. The van der Waals surface area contributed by atoms with E-state index in [1.54, 1.807) is 17.2 Å². The number of benzene rings is 3. The number of piperidine rings is 1. The third-order valence-electron chi connectivity index (χ3n) is 7.06. The Morgan fingerprint density at radius 3 is 2.45 bits per heavy atom. The van der Waals surface area contributed by atoms with Crippen LogP contribution < -0.4 is 4.90 Å². The summed E-state index contributed by atoms with van der Waals surface area (Å²) < 4.78 is 0. The van der Waals surface area contributed by atoms with Gasteiger partial charge in [-0.25, -0.2) is 9.97 Å². The highest BCUT2D eigenvalue weighted by Gasteiger charge is 2.35. The van der Waals surface area contributed by atoms with Crippen molar-refractivity contribution >= 4 is 23.5 Å². The SMILES string of the molecule is CN(Cc1ccccc1)c1ncc(C(=O)N2CCCCC2C(O)c2ccccc2Cl)c(-c2ccccc2)n1. The van der Waals surface area contributed by atoms with Crippen LogP contribution in [0.4, 0.5) is 5.95 Å². The summed E-state index contributed by atoms with van der Waals surface area (Å²) in [7, 11) is 1.94. The van der Waals surface area contributed by atoms with Gasteiger partial charge >= 0.3 is 0 Å². The zero-order chi connectivity index (χ0) is 26.5. The first-order valence-electron chi connectivity index (χ1n) is 12.9. The molecule has 0 radical (unpaired) electrons. The fourth-order valence-electron chi connectivity index (χ4n) is 5.07. The molecule has 3 aromatic carbocycles. The summed E-state index contributed by atoms with van der Waals surface area (Å²) in [6.07, 6.45) is 3.24. The molecule has 0 bridgehead atoms. The Kier molecular flexibility index (Phi) is 8.01. The maximum atomic E-state index is 14.1. The summed E-state index contributed by atoms with van der Waals surface area (Å²) in [6.45, 7) is 1.19. The third-order valence-corrected chi connectivity index (χ3v) is 7.40. The Morgan fingerprint density at radius 1 is 1.03 bits per heavy atom. The van der Waals surface area contributed by atoms with Gasteiger partial charge in [0.1, 0.15) is 6.10 Å². The van der Waals surface area contributed by atoms with Crippen LogP contribution in [0.15, 0.2) is 91.1 Å². The molecule has 2 atom stereocenters. The van der Waals surface area contributed by atoms with Crippen molar-refractivity contribution in [3.8, 4) is 11.3 Å². The van der Waals surface area contributed by atoms with E-state index in [1.807, 2.05) is 78.7 Å². The number of rotatable bonds is 7. The smallest absolute Gasteiger partial charge is 0.258 e. The summed E-state index contributed by atoms with van der Waals surface area (Å²) in [5.74, 6) is 0.354. The van der Waals surface area contributed by atoms with E-state index < -0.39 is 6.10 Å². The molecule has 6 nitrogen and oxygen atoms in total. The minimum absolute atomic E-state index is 0.183. The highest BCUT2D eigenvalue weighted by molar-refractivity contribution is 6.31. The number of carbonyl (C=O) groups is 1. The lowest BCUT2D eigenvalue weighted by molar-refractivity contribution is 0.0212. The van der Waals surface area contributed by atoms with Crippen LogP contribution in [-0.4, -0.2) is 45.5 Å². The molecule has 194 valence electrons. The molecule has 2 heterocycles. The van der Waals surface area contributed by atoms with Gasteiger partial charge in [0.05, 0.1) is 17.3 Å². The lowest BCUT2D eigenvalue weighted by Gasteiger charge is -2.39. The molecule has 2 unspecified atom stereocenters. The molecule has 0 aliphatic carbocycles. The number of hydrogen-bond acceptors (Lipinski definition) is 5. The van der Waals surface area contributed by atoms with Crippen LogP contribution in [0.25, 0.3) is 11.3 Å². The average Bonchev–Trinajstić information content (AvgIpc) is 2.97. The zero-order valence-corrected chi connectivity index (χ0v) is 22.1. The van der Waals surface area contributed by atoms with E-state index in [0.717, 1.165) is 24.0 Å². The molecule has 38 heavy (non-hydrogen) atoms. The molecule has 1 fully saturated rings. The molecule has 5 rings (SSSR count). The maximum Gasteiger partial charge on any atom is 0.258 e. The summed E-state index contributed by atoms with van der Waals surface area (Å²) in [6, 6.07) is 26.7. The van der Waals surface area contributed by atoms with Crippen LogP contribution in [0, 0.1) is 0 Å². The third kappa shape index (κ3) is 5.57. The van der Waals surface area contributed by atoms with Crippen molar-refractivity contribution in [1.29, 1.82) is 0 Å². The van der Waals surface area contributed by atoms with Gasteiger partial charge < -0.3 is 14.9 Å². The lowest BCUT2D eigenvalue weighted by Crippen LogP contribution is -2.47. The van der Waals surface area contributed by atoms with Crippen LogP contribution in [0.3, 0.4) is 0 Å². The molecule has 1 aromatic heterocycles. The normalized spacial score (nSPS) is 16.2. The Balaban J connectivity index is 1.49. The van der Waals surface area contributed by atoms with Crippen LogP contribution in [0.1, 0.15) is 46.9 Å². The highest BCUT2D eigenvalue weighted by atomic mass is 35.5. The number of nitrogens with zero attached hydrogens (tertiary/aromatic N) is 4. The van der Waals surface area contributed by atoms with Crippen LogP contribution in [0.2, 0.25) is 5.02 Å². The van der Waals surface area contributed by atoms with Crippen molar-refractivity contribution < 1.29 is 9.90 Å². The first-order chi connectivity index (χ1) is 18.5. The molecule has 1 saturated heterocycles. The van der Waals surface area contributed by atoms with Gasteiger partial charge in [0, 0.05) is 42.5 Å². The summed E-state index contributed by atoms with van der Waals surface area (Å²) in [5, 5.41) is 11.8. The molecule has 1 N–H and O–H groups in total. The summed E-state index contributed by atoms with van der Waals surface area (Å²) >= 11 is 6.40. The number of aliphatic hydroxyl groups excluding tert-OH is 1. The molecule has 1 amide bonds. The Hall–Kier alpha value is -3.74. The minimum Gasteiger partial charge on any atom is -0.386 e. The molecule has 0 saturated carbocycles. The standard InChI is InChI=1S/C31H31ClN4O2/c1-35(21-22-12-4-2-5-13-22)31-33-20-25(28(34-31)23-14-6-3-7-15-23)30(38)36-19-11-10-18-27(36)29(37)24-16-8-9-17-26(24)32/h2-9,12-17,20,27,29,37H,10-11,18-19,21H2,1H3. The van der Waals surface area contributed by atoms with Crippen molar-refractivity contribution in [3.63, 3.8) is 0 Å². The summed E-state index contributed by atoms with van der Waals surface area (Å²) in [5.41, 5.74) is 3.62. The van der Waals surface area contributed by atoms with E-state index >= 15 is 0 Å². The van der Waals surface area contributed by atoms with Crippen molar-refractivity contribution in [2.45, 2.75) is 38.0 Å². The first-order valence-corrected chi connectivity index (χ1v) is 13.3. The Morgan fingerprint density at radius 2 is 1.71 bits per heavy atom. The molecule has 4 aromatic rings. The monoisotopic (exact) mass is 526 g/mol. The van der Waals surface area contributed by atoms with Gasteiger partial charge in [0.15, 0.2) is 0 Å². The number of amides is 1. The van der Waals surface area contributed by atoms with E-state index in [1.165, 1.54) is 0 Å². The molecular formula is C31H31ClN4O2. The predicted octanol–water partition coefficient (Wildman–Crippen LogP) is 6.16. The quantitative estimate of drug-likeness (QED) is 0.312. The largest absolute Gasteiger partial charge is 0.386 e. The predicted molar refractivity (Wildman–Crippen MR) is 151 cm³/mol. The summed E-state index contributed by atoms with van der Waals surface area (Å²) in [4.78, 5) is 27.3. The fourth-order valence-corrected chi connectivity index (χ4v) is 5.32. The van der Waals surface area contributed by atoms with E-state index in [2.05, 4.69) is 17.1 Å². The second-order valence-corrected chi connectivity index (χ2v) is 10.1. The van der Waals surface area contributed by atoms with Crippen molar-refractivity contribution in [3.05, 3.63) is 113 Å². The molecule has 0 spiro atoms. The van der Waals surface area contributed by atoms with Crippen LogP contribution in [-0.2, 0) is 6.54 Å². The van der Waals surface area contributed by atoms with E-state index in [0.29, 0.717) is 47.3 Å². The number of carbonyl (C=O) groups excluding carboxylic acids is 1.